The van der Waals surface area contributed by atoms with E-state index in [2.05, 4.69) is 27.4 Å². The van der Waals surface area contributed by atoms with Gasteiger partial charge in [-0.3, -0.25) is 0 Å². The van der Waals surface area contributed by atoms with Crippen LogP contribution in [0.2, 0.25) is 5.02 Å². The Balaban J connectivity index is 2.20. The monoisotopic (exact) mass is 359 g/mol. The van der Waals surface area contributed by atoms with Crippen molar-refractivity contribution in [1.82, 2.24) is 15.2 Å². The maximum absolute atomic E-state index is 12.9. The minimum absolute atomic E-state index is 0.117. The summed E-state index contributed by atoms with van der Waals surface area (Å²) in [5.41, 5.74) is -0.736. The van der Waals surface area contributed by atoms with Crippen molar-refractivity contribution in [3.8, 4) is 0 Å². The van der Waals surface area contributed by atoms with Crippen LogP contribution in [0.4, 0.5) is 30.6 Å². The van der Waals surface area contributed by atoms with Gasteiger partial charge in [-0.1, -0.05) is 24.9 Å². The van der Waals surface area contributed by atoms with Crippen LogP contribution >= 0.6 is 11.6 Å². The van der Waals surface area contributed by atoms with Gasteiger partial charge in [-0.05, 0) is 24.6 Å². The molecule has 0 fully saturated rings. The standard InChI is InChI=1S/C15H17ClF3N5/c1-3-4-7-24(2)13-9-20-23-14(22-13)21-10-5-6-12(16)11(8-10)15(17,18)19/h5-6,8-9H,3-4,7H2,1-2H3,(H,21,22,23). The highest BCUT2D eigenvalue weighted by Crippen LogP contribution is 2.36. The average molecular weight is 360 g/mol. The molecule has 2 aromatic rings. The van der Waals surface area contributed by atoms with Crippen molar-refractivity contribution in [3.63, 3.8) is 0 Å². The van der Waals surface area contributed by atoms with E-state index in [1.165, 1.54) is 18.3 Å². The predicted molar refractivity (Wildman–Crippen MR) is 87.7 cm³/mol. The third kappa shape index (κ3) is 4.70. The zero-order valence-corrected chi connectivity index (χ0v) is 14.0. The van der Waals surface area contributed by atoms with Crippen LogP contribution in [-0.2, 0) is 6.18 Å². The van der Waals surface area contributed by atoms with Crippen molar-refractivity contribution in [2.75, 3.05) is 23.8 Å². The Bertz CT molecular complexity index is 693. The molecule has 0 aliphatic heterocycles. The van der Waals surface area contributed by atoms with E-state index in [0.717, 1.165) is 25.5 Å². The molecule has 0 spiro atoms. The lowest BCUT2D eigenvalue weighted by molar-refractivity contribution is -0.137. The van der Waals surface area contributed by atoms with E-state index in [1.54, 1.807) is 0 Å². The first-order valence-corrected chi connectivity index (χ1v) is 7.73. The number of alkyl halides is 3. The quantitative estimate of drug-likeness (QED) is 0.821. The maximum atomic E-state index is 12.9. The number of hydrogen-bond donors (Lipinski definition) is 1. The molecule has 1 N–H and O–H groups in total. The second-order valence-electron chi connectivity index (χ2n) is 5.23. The van der Waals surface area contributed by atoms with Crippen LogP contribution in [0.25, 0.3) is 0 Å². The lowest BCUT2D eigenvalue weighted by Crippen LogP contribution is -2.20. The Morgan fingerprint density at radius 3 is 2.71 bits per heavy atom. The Morgan fingerprint density at radius 2 is 2.04 bits per heavy atom. The fourth-order valence-electron chi connectivity index (χ4n) is 1.99. The topological polar surface area (TPSA) is 53.9 Å². The van der Waals surface area contributed by atoms with Gasteiger partial charge in [0.05, 0.1) is 16.8 Å². The lowest BCUT2D eigenvalue weighted by atomic mass is 10.2. The van der Waals surface area contributed by atoms with Gasteiger partial charge >= 0.3 is 6.18 Å². The van der Waals surface area contributed by atoms with Gasteiger partial charge in [-0.25, -0.2) is 0 Å². The molecule has 0 atom stereocenters. The first-order chi connectivity index (χ1) is 11.3. The molecule has 0 bridgehead atoms. The fraction of sp³-hybridized carbons (Fsp3) is 0.400. The highest BCUT2D eigenvalue weighted by Gasteiger charge is 2.33. The number of anilines is 3. The van der Waals surface area contributed by atoms with E-state index in [9.17, 15) is 13.2 Å². The second-order valence-corrected chi connectivity index (χ2v) is 5.64. The maximum Gasteiger partial charge on any atom is 0.417 e. The summed E-state index contributed by atoms with van der Waals surface area (Å²) in [6, 6.07) is 3.52. The van der Waals surface area contributed by atoms with Gasteiger partial charge in [0, 0.05) is 19.3 Å². The fourth-order valence-corrected chi connectivity index (χ4v) is 2.22. The van der Waals surface area contributed by atoms with E-state index in [-0.39, 0.29) is 16.7 Å². The molecule has 1 heterocycles. The average Bonchev–Trinajstić information content (AvgIpc) is 2.53. The zero-order chi connectivity index (χ0) is 17.7. The number of rotatable bonds is 6. The number of unbranched alkanes of at least 4 members (excludes halogenated alkanes) is 1. The molecule has 0 aliphatic carbocycles. The highest BCUT2D eigenvalue weighted by molar-refractivity contribution is 6.31. The molecule has 24 heavy (non-hydrogen) atoms. The smallest absolute Gasteiger partial charge is 0.358 e. The molecule has 130 valence electrons. The van der Waals surface area contributed by atoms with Gasteiger partial charge in [0.15, 0.2) is 5.82 Å². The number of benzene rings is 1. The van der Waals surface area contributed by atoms with Crippen LogP contribution in [-0.4, -0.2) is 28.8 Å². The van der Waals surface area contributed by atoms with E-state index < -0.39 is 11.7 Å². The lowest BCUT2D eigenvalue weighted by Gasteiger charge is -2.17. The van der Waals surface area contributed by atoms with Crippen molar-refractivity contribution >= 4 is 29.1 Å². The Labute approximate surface area is 142 Å². The van der Waals surface area contributed by atoms with Crippen molar-refractivity contribution in [2.45, 2.75) is 25.9 Å². The molecule has 9 heteroatoms. The summed E-state index contributed by atoms with van der Waals surface area (Å²) in [5, 5.41) is 10.00. The van der Waals surface area contributed by atoms with Crippen LogP contribution in [0, 0.1) is 0 Å². The SMILES string of the molecule is CCCCN(C)c1cnnc(Nc2ccc(Cl)c(C(F)(F)F)c2)n1. The van der Waals surface area contributed by atoms with Crippen LogP contribution in [0.15, 0.2) is 24.4 Å². The van der Waals surface area contributed by atoms with Crippen molar-refractivity contribution in [3.05, 3.63) is 35.0 Å². The van der Waals surface area contributed by atoms with Gasteiger partial charge in [0.25, 0.3) is 0 Å². The Morgan fingerprint density at radius 1 is 1.29 bits per heavy atom. The van der Waals surface area contributed by atoms with Crippen LogP contribution in [0.1, 0.15) is 25.3 Å². The van der Waals surface area contributed by atoms with Gasteiger partial charge in [0.1, 0.15) is 0 Å². The van der Waals surface area contributed by atoms with Crippen molar-refractivity contribution < 1.29 is 13.2 Å². The zero-order valence-electron chi connectivity index (χ0n) is 13.2. The number of halogens is 4. The molecule has 0 aliphatic rings. The normalized spacial score (nSPS) is 11.4. The highest BCUT2D eigenvalue weighted by atomic mass is 35.5. The third-order valence-electron chi connectivity index (χ3n) is 3.31. The van der Waals surface area contributed by atoms with E-state index in [0.29, 0.717) is 5.82 Å². The molecule has 0 saturated carbocycles. The molecule has 0 saturated heterocycles. The summed E-state index contributed by atoms with van der Waals surface area (Å²) in [4.78, 5) is 6.17. The van der Waals surface area contributed by atoms with Gasteiger partial charge in [0.2, 0.25) is 5.95 Å². The summed E-state index contributed by atoms with van der Waals surface area (Å²) in [6.07, 6.45) is -0.992. The number of nitrogens with one attached hydrogen (secondary N) is 1. The summed E-state index contributed by atoms with van der Waals surface area (Å²) in [7, 11) is 1.87. The first-order valence-electron chi connectivity index (χ1n) is 7.36. The third-order valence-corrected chi connectivity index (χ3v) is 3.64. The molecular formula is C15H17ClF3N5. The molecular weight excluding hydrogens is 343 g/mol. The Kier molecular flexibility index (Phi) is 5.82. The molecule has 5 nitrogen and oxygen atoms in total. The second kappa shape index (κ2) is 7.65. The Hall–Kier alpha value is -2.09. The predicted octanol–water partition coefficient (Wildman–Crippen LogP) is 4.52. The number of nitrogens with zero attached hydrogens (tertiary/aromatic N) is 4. The minimum atomic E-state index is -4.53. The molecule has 1 aromatic carbocycles. The van der Waals surface area contributed by atoms with E-state index in [1.807, 2.05) is 11.9 Å². The number of aromatic nitrogens is 3. The van der Waals surface area contributed by atoms with Crippen molar-refractivity contribution in [1.29, 1.82) is 0 Å². The number of hydrogen-bond acceptors (Lipinski definition) is 5. The molecule has 0 radical (unpaired) electrons. The minimum Gasteiger partial charge on any atom is -0.358 e. The molecule has 2 rings (SSSR count). The van der Waals surface area contributed by atoms with Gasteiger partial charge in [-0.15, -0.1) is 5.10 Å². The van der Waals surface area contributed by atoms with Crippen LogP contribution in [0.3, 0.4) is 0 Å². The summed E-state index contributed by atoms with van der Waals surface area (Å²) < 4.78 is 38.7. The van der Waals surface area contributed by atoms with E-state index >= 15 is 0 Å². The largest absolute Gasteiger partial charge is 0.417 e. The first kappa shape index (κ1) is 18.3. The van der Waals surface area contributed by atoms with Crippen LogP contribution in [0.5, 0.6) is 0 Å². The molecule has 0 amide bonds. The summed E-state index contributed by atoms with van der Waals surface area (Å²) in [5.74, 6) is 0.706. The van der Waals surface area contributed by atoms with Crippen molar-refractivity contribution in [2.24, 2.45) is 0 Å². The van der Waals surface area contributed by atoms with Gasteiger partial charge in [-0.2, -0.15) is 23.3 Å². The summed E-state index contributed by atoms with van der Waals surface area (Å²) in [6.45, 7) is 2.88. The van der Waals surface area contributed by atoms with E-state index in [4.69, 9.17) is 11.6 Å². The van der Waals surface area contributed by atoms with Gasteiger partial charge < -0.3 is 10.2 Å². The molecule has 0 unspecified atom stereocenters. The molecule has 1 aromatic heterocycles. The summed E-state index contributed by atoms with van der Waals surface area (Å²) >= 11 is 5.60. The van der Waals surface area contributed by atoms with Crippen LogP contribution < -0.4 is 10.2 Å².